The number of piperidine rings is 1. The first kappa shape index (κ1) is 17.2. The molecule has 0 radical (unpaired) electrons. The SMILES string of the molecule is CCCN1CCC(NC(=O)c2csc(C)c2-c2ccccc2)CC1. The van der Waals surface area contributed by atoms with E-state index in [9.17, 15) is 4.79 Å². The van der Waals surface area contributed by atoms with E-state index in [4.69, 9.17) is 0 Å². The number of likely N-dealkylation sites (tertiary alicyclic amines) is 1. The summed E-state index contributed by atoms with van der Waals surface area (Å²) in [7, 11) is 0. The van der Waals surface area contributed by atoms with Gasteiger partial charge in [-0.15, -0.1) is 11.3 Å². The van der Waals surface area contributed by atoms with Crippen LogP contribution in [0.15, 0.2) is 35.7 Å². The van der Waals surface area contributed by atoms with E-state index < -0.39 is 0 Å². The highest BCUT2D eigenvalue weighted by Gasteiger charge is 2.23. The van der Waals surface area contributed by atoms with Gasteiger partial charge in [0.1, 0.15) is 0 Å². The van der Waals surface area contributed by atoms with Gasteiger partial charge in [-0.05, 0) is 38.3 Å². The first-order chi connectivity index (χ1) is 11.7. The summed E-state index contributed by atoms with van der Waals surface area (Å²) < 4.78 is 0. The van der Waals surface area contributed by atoms with E-state index in [0.717, 1.165) is 42.6 Å². The average molecular weight is 343 g/mol. The highest BCUT2D eigenvalue weighted by atomic mass is 32.1. The van der Waals surface area contributed by atoms with E-state index in [2.05, 4.69) is 36.2 Å². The van der Waals surface area contributed by atoms with Crippen LogP contribution in [0.4, 0.5) is 0 Å². The molecule has 1 amide bonds. The molecule has 1 aromatic carbocycles. The second-order valence-corrected chi connectivity index (χ2v) is 7.62. The van der Waals surface area contributed by atoms with E-state index >= 15 is 0 Å². The Morgan fingerprint density at radius 1 is 1.25 bits per heavy atom. The molecular formula is C20H26N2OS. The molecule has 128 valence electrons. The van der Waals surface area contributed by atoms with E-state index in [1.807, 2.05) is 23.6 Å². The summed E-state index contributed by atoms with van der Waals surface area (Å²) in [5, 5.41) is 5.26. The normalized spacial score (nSPS) is 16.2. The molecule has 1 fully saturated rings. The van der Waals surface area contributed by atoms with Gasteiger partial charge in [0.05, 0.1) is 5.56 Å². The van der Waals surface area contributed by atoms with Crippen LogP contribution >= 0.6 is 11.3 Å². The van der Waals surface area contributed by atoms with Crippen molar-refractivity contribution in [2.24, 2.45) is 0 Å². The van der Waals surface area contributed by atoms with E-state index in [0.29, 0.717) is 6.04 Å². The van der Waals surface area contributed by atoms with Gasteiger partial charge in [-0.3, -0.25) is 4.79 Å². The fourth-order valence-electron chi connectivity index (χ4n) is 3.47. The molecule has 0 atom stereocenters. The first-order valence-corrected chi connectivity index (χ1v) is 9.73. The minimum Gasteiger partial charge on any atom is -0.349 e. The van der Waals surface area contributed by atoms with Crippen molar-refractivity contribution in [1.29, 1.82) is 0 Å². The molecule has 0 aliphatic carbocycles. The lowest BCUT2D eigenvalue weighted by molar-refractivity contribution is 0.0912. The van der Waals surface area contributed by atoms with Crippen LogP contribution in [0.1, 0.15) is 41.4 Å². The minimum atomic E-state index is 0.0761. The number of amides is 1. The number of hydrogen-bond donors (Lipinski definition) is 1. The topological polar surface area (TPSA) is 32.3 Å². The van der Waals surface area contributed by atoms with Gasteiger partial charge < -0.3 is 10.2 Å². The maximum atomic E-state index is 12.8. The Morgan fingerprint density at radius 3 is 2.62 bits per heavy atom. The molecule has 3 nitrogen and oxygen atoms in total. The van der Waals surface area contributed by atoms with E-state index in [1.54, 1.807) is 11.3 Å². The molecule has 3 rings (SSSR count). The van der Waals surface area contributed by atoms with Crippen molar-refractivity contribution < 1.29 is 4.79 Å². The van der Waals surface area contributed by atoms with Crippen LogP contribution < -0.4 is 5.32 Å². The fourth-order valence-corrected chi connectivity index (χ4v) is 4.33. The summed E-state index contributed by atoms with van der Waals surface area (Å²) in [6.45, 7) is 7.66. The Bertz CT molecular complexity index is 672. The van der Waals surface area contributed by atoms with Crippen molar-refractivity contribution >= 4 is 17.2 Å². The van der Waals surface area contributed by atoms with Crippen LogP contribution in [-0.4, -0.2) is 36.5 Å². The Morgan fingerprint density at radius 2 is 1.96 bits per heavy atom. The predicted molar refractivity (Wildman–Crippen MR) is 102 cm³/mol. The minimum absolute atomic E-state index is 0.0761. The van der Waals surface area contributed by atoms with Gasteiger partial charge >= 0.3 is 0 Å². The third-order valence-corrected chi connectivity index (χ3v) is 5.66. The van der Waals surface area contributed by atoms with Gasteiger partial charge in [-0.1, -0.05) is 37.3 Å². The highest BCUT2D eigenvalue weighted by molar-refractivity contribution is 7.10. The molecule has 24 heavy (non-hydrogen) atoms. The second-order valence-electron chi connectivity index (χ2n) is 6.54. The number of thiophene rings is 1. The molecule has 2 aromatic rings. The van der Waals surface area contributed by atoms with Gasteiger partial charge in [0.15, 0.2) is 0 Å². The number of hydrogen-bond acceptors (Lipinski definition) is 3. The zero-order valence-electron chi connectivity index (χ0n) is 14.5. The van der Waals surface area contributed by atoms with Crippen LogP contribution in [0.3, 0.4) is 0 Å². The van der Waals surface area contributed by atoms with E-state index in [-0.39, 0.29) is 5.91 Å². The van der Waals surface area contributed by atoms with Crippen molar-refractivity contribution in [2.75, 3.05) is 19.6 Å². The molecule has 0 spiro atoms. The van der Waals surface area contributed by atoms with Gasteiger partial charge in [0, 0.05) is 35.0 Å². The van der Waals surface area contributed by atoms with Crippen LogP contribution in [-0.2, 0) is 0 Å². The Hall–Kier alpha value is -1.65. The summed E-state index contributed by atoms with van der Waals surface area (Å²) in [6.07, 6.45) is 3.30. The number of benzene rings is 1. The van der Waals surface area contributed by atoms with Gasteiger partial charge in [0.2, 0.25) is 0 Å². The molecule has 0 unspecified atom stereocenters. The van der Waals surface area contributed by atoms with Crippen molar-refractivity contribution in [2.45, 2.75) is 39.2 Å². The van der Waals surface area contributed by atoms with Crippen LogP contribution in [0, 0.1) is 6.92 Å². The van der Waals surface area contributed by atoms with Gasteiger partial charge in [0.25, 0.3) is 5.91 Å². The third-order valence-electron chi connectivity index (χ3n) is 4.74. The Labute approximate surface area is 148 Å². The second kappa shape index (κ2) is 7.95. The summed E-state index contributed by atoms with van der Waals surface area (Å²) >= 11 is 1.65. The predicted octanol–water partition coefficient (Wildman–Crippen LogP) is 4.33. The zero-order valence-corrected chi connectivity index (χ0v) is 15.4. The Kier molecular flexibility index (Phi) is 5.69. The monoisotopic (exact) mass is 342 g/mol. The molecular weight excluding hydrogens is 316 g/mol. The fraction of sp³-hybridized carbons (Fsp3) is 0.450. The number of nitrogens with one attached hydrogen (secondary N) is 1. The van der Waals surface area contributed by atoms with E-state index in [1.165, 1.54) is 17.8 Å². The summed E-state index contributed by atoms with van der Waals surface area (Å²) in [6, 6.07) is 10.5. The van der Waals surface area contributed by atoms with Crippen molar-refractivity contribution in [1.82, 2.24) is 10.2 Å². The maximum Gasteiger partial charge on any atom is 0.252 e. The molecule has 1 saturated heterocycles. The van der Waals surface area contributed by atoms with Crippen LogP contribution in [0.25, 0.3) is 11.1 Å². The largest absolute Gasteiger partial charge is 0.349 e. The lowest BCUT2D eigenvalue weighted by Gasteiger charge is -2.32. The number of carbonyl (C=O) groups is 1. The van der Waals surface area contributed by atoms with Gasteiger partial charge in [-0.2, -0.15) is 0 Å². The molecule has 1 aromatic heterocycles. The van der Waals surface area contributed by atoms with Crippen molar-refractivity contribution in [3.63, 3.8) is 0 Å². The van der Waals surface area contributed by atoms with Crippen LogP contribution in [0.2, 0.25) is 0 Å². The van der Waals surface area contributed by atoms with Crippen LogP contribution in [0.5, 0.6) is 0 Å². The zero-order chi connectivity index (χ0) is 16.9. The summed E-state index contributed by atoms with van der Waals surface area (Å²) in [5.74, 6) is 0.0761. The highest BCUT2D eigenvalue weighted by Crippen LogP contribution is 2.32. The number of rotatable bonds is 5. The number of aryl methyl sites for hydroxylation is 1. The average Bonchev–Trinajstić information content (AvgIpc) is 2.99. The quantitative estimate of drug-likeness (QED) is 0.877. The van der Waals surface area contributed by atoms with Crippen molar-refractivity contribution in [3.8, 4) is 11.1 Å². The molecule has 2 heterocycles. The summed E-state index contributed by atoms with van der Waals surface area (Å²) in [4.78, 5) is 16.5. The van der Waals surface area contributed by atoms with Crippen molar-refractivity contribution in [3.05, 3.63) is 46.2 Å². The standard InChI is InChI=1S/C20H26N2OS/c1-3-11-22-12-9-17(10-13-22)21-20(23)18-14-24-15(2)19(18)16-7-5-4-6-8-16/h4-8,14,17H,3,9-13H2,1-2H3,(H,21,23). The lowest BCUT2D eigenvalue weighted by atomic mass is 10.00. The Balaban J connectivity index is 1.69. The number of nitrogens with zero attached hydrogens (tertiary/aromatic N) is 1. The molecule has 0 bridgehead atoms. The molecule has 1 aliphatic rings. The first-order valence-electron chi connectivity index (χ1n) is 8.85. The molecule has 0 saturated carbocycles. The third kappa shape index (κ3) is 3.87. The summed E-state index contributed by atoms with van der Waals surface area (Å²) in [5.41, 5.74) is 3.03. The lowest BCUT2D eigenvalue weighted by Crippen LogP contribution is -2.44. The molecule has 4 heteroatoms. The smallest absolute Gasteiger partial charge is 0.252 e. The molecule has 1 N–H and O–H groups in total. The molecule has 1 aliphatic heterocycles. The van der Waals surface area contributed by atoms with Gasteiger partial charge in [-0.25, -0.2) is 0 Å². The maximum absolute atomic E-state index is 12.8. The number of carbonyl (C=O) groups excluding carboxylic acids is 1.